The molecule has 0 aliphatic rings. The Morgan fingerprint density at radius 3 is 2.85 bits per heavy atom. The molecular formula is C20H19FN2O3. The van der Waals surface area contributed by atoms with Crippen LogP contribution in [0.25, 0.3) is 10.9 Å². The van der Waals surface area contributed by atoms with Crippen LogP contribution in [0.15, 0.2) is 48.7 Å². The predicted octanol–water partition coefficient (Wildman–Crippen LogP) is 4.06. The van der Waals surface area contributed by atoms with Crippen LogP contribution in [0.3, 0.4) is 0 Å². The number of amides is 1. The topological polar surface area (TPSA) is 71.2 Å². The molecule has 3 aromatic rings. The molecule has 2 N–H and O–H groups in total. The van der Waals surface area contributed by atoms with Crippen LogP contribution in [-0.4, -0.2) is 23.5 Å². The largest absolute Gasteiger partial charge is 0.462 e. The number of anilines is 1. The molecule has 0 bridgehead atoms. The highest BCUT2D eigenvalue weighted by Gasteiger charge is 2.09. The number of carbonyl (C=O) groups excluding carboxylic acids is 2. The van der Waals surface area contributed by atoms with Gasteiger partial charge in [0.1, 0.15) is 5.82 Å². The van der Waals surface area contributed by atoms with Crippen LogP contribution in [0.4, 0.5) is 10.1 Å². The third-order valence-electron chi connectivity index (χ3n) is 3.97. The average molecular weight is 354 g/mol. The first-order chi connectivity index (χ1) is 12.5. The first-order valence-corrected chi connectivity index (χ1v) is 8.33. The molecule has 0 aliphatic heterocycles. The summed E-state index contributed by atoms with van der Waals surface area (Å²) in [6, 6.07) is 11.2. The Balaban J connectivity index is 1.54. The number of esters is 1. The van der Waals surface area contributed by atoms with Crippen molar-refractivity contribution in [1.82, 2.24) is 4.98 Å². The molecular weight excluding hydrogens is 335 g/mol. The minimum atomic E-state index is -0.442. The quantitative estimate of drug-likeness (QED) is 0.518. The summed E-state index contributed by atoms with van der Waals surface area (Å²) in [5, 5.41) is 3.47. The standard InChI is InChI=1S/C20H19FN2O3/c1-13(24)23-17-6-2-4-14(10-17)20(25)26-9-3-5-15-12-22-19-8-7-16(21)11-18(15)19/h2,4,6-8,10-12,22H,3,5,9H2,1H3,(H,23,24). The van der Waals surface area contributed by atoms with Gasteiger partial charge in [0.25, 0.3) is 0 Å². The van der Waals surface area contributed by atoms with Crippen LogP contribution in [0, 0.1) is 5.82 Å². The Morgan fingerprint density at radius 1 is 1.19 bits per heavy atom. The van der Waals surface area contributed by atoms with E-state index in [2.05, 4.69) is 10.3 Å². The number of aromatic nitrogens is 1. The van der Waals surface area contributed by atoms with E-state index in [4.69, 9.17) is 4.74 Å². The van der Waals surface area contributed by atoms with Gasteiger partial charge < -0.3 is 15.0 Å². The molecule has 6 heteroatoms. The highest BCUT2D eigenvalue weighted by Crippen LogP contribution is 2.20. The van der Waals surface area contributed by atoms with Gasteiger partial charge in [0, 0.05) is 29.7 Å². The highest BCUT2D eigenvalue weighted by molar-refractivity contribution is 5.93. The van der Waals surface area contributed by atoms with Gasteiger partial charge in [-0.3, -0.25) is 4.79 Å². The zero-order valence-electron chi connectivity index (χ0n) is 14.3. The normalized spacial score (nSPS) is 10.7. The zero-order valence-corrected chi connectivity index (χ0v) is 14.3. The minimum absolute atomic E-state index is 0.203. The van der Waals surface area contributed by atoms with Crippen molar-refractivity contribution in [3.05, 3.63) is 65.6 Å². The molecule has 0 radical (unpaired) electrons. The number of rotatable bonds is 6. The van der Waals surface area contributed by atoms with E-state index < -0.39 is 5.97 Å². The lowest BCUT2D eigenvalue weighted by Crippen LogP contribution is -2.09. The first kappa shape index (κ1) is 17.7. The maximum absolute atomic E-state index is 13.4. The molecule has 0 saturated carbocycles. The molecule has 134 valence electrons. The summed E-state index contributed by atoms with van der Waals surface area (Å²) in [7, 11) is 0. The Hall–Kier alpha value is -3.15. The average Bonchev–Trinajstić information content (AvgIpc) is 3.00. The van der Waals surface area contributed by atoms with Crippen LogP contribution < -0.4 is 5.32 Å². The predicted molar refractivity (Wildman–Crippen MR) is 97.6 cm³/mol. The lowest BCUT2D eigenvalue weighted by atomic mass is 10.1. The number of hydrogen-bond acceptors (Lipinski definition) is 3. The first-order valence-electron chi connectivity index (χ1n) is 8.33. The Morgan fingerprint density at radius 2 is 2.04 bits per heavy atom. The molecule has 1 aromatic heterocycles. The second-order valence-corrected chi connectivity index (χ2v) is 6.01. The number of halogens is 1. The van der Waals surface area contributed by atoms with Crippen molar-refractivity contribution >= 4 is 28.5 Å². The van der Waals surface area contributed by atoms with Crippen molar-refractivity contribution in [2.24, 2.45) is 0 Å². The van der Waals surface area contributed by atoms with Crippen LogP contribution in [-0.2, 0) is 16.0 Å². The van der Waals surface area contributed by atoms with E-state index in [-0.39, 0.29) is 18.3 Å². The molecule has 0 atom stereocenters. The van der Waals surface area contributed by atoms with Gasteiger partial charge in [-0.05, 0) is 54.8 Å². The van der Waals surface area contributed by atoms with Gasteiger partial charge in [-0.2, -0.15) is 0 Å². The SMILES string of the molecule is CC(=O)Nc1cccc(C(=O)OCCCc2c[nH]c3ccc(F)cc23)c1. The summed E-state index contributed by atoms with van der Waals surface area (Å²) >= 11 is 0. The van der Waals surface area contributed by atoms with Gasteiger partial charge in [-0.1, -0.05) is 6.07 Å². The summed E-state index contributed by atoms with van der Waals surface area (Å²) in [6.45, 7) is 1.66. The third-order valence-corrected chi connectivity index (χ3v) is 3.97. The van der Waals surface area contributed by atoms with Crippen LogP contribution in [0.5, 0.6) is 0 Å². The van der Waals surface area contributed by atoms with E-state index in [1.165, 1.54) is 19.1 Å². The number of nitrogens with one attached hydrogen (secondary N) is 2. The van der Waals surface area contributed by atoms with Crippen LogP contribution >= 0.6 is 0 Å². The minimum Gasteiger partial charge on any atom is -0.462 e. The summed E-state index contributed by atoms with van der Waals surface area (Å²) in [5.74, 6) is -0.920. The fraction of sp³-hybridized carbons (Fsp3) is 0.200. The van der Waals surface area contributed by atoms with Crippen LogP contribution in [0.1, 0.15) is 29.3 Å². The smallest absolute Gasteiger partial charge is 0.338 e. The summed E-state index contributed by atoms with van der Waals surface area (Å²) < 4.78 is 18.7. The van der Waals surface area contributed by atoms with E-state index in [0.717, 1.165) is 16.5 Å². The van der Waals surface area contributed by atoms with Crippen LogP contribution in [0.2, 0.25) is 0 Å². The summed E-state index contributed by atoms with van der Waals surface area (Å²) in [4.78, 5) is 26.3. The molecule has 5 nitrogen and oxygen atoms in total. The number of hydrogen-bond donors (Lipinski definition) is 2. The summed E-state index contributed by atoms with van der Waals surface area (Å²) in [5.41, 5.74) is 2.80. The van der Waals surface area contributed by atoms with Crippen molar-refractivity contribution in [2.45, 2.75) is 19.8 Å². The number of ether oxygens (including phenoxy) is 1. The Labute approximate surface area is 150 Å². The molecule has 2 aromatic carbocycles. The number of carbonyl (C=O) groups is 2. The maximum Gasteiger partial charge on any atom is 0.338 e. The number of aromatic amines is 1. The van der Waals surface area contributed by atoms with Gasteiger partial charge in [-0.25, -0.2) is 9.18 Å². The zero-order chi connectivity index (χ0) is 18.5. The Kier molecular flexibility index (Phi) is 5.31. The van der Waals surface area contributed by atoms with Crippen molar-refractivity contribution in [2.75, 3.05) is 11.9 Å². The molecule has 0 fully saturated rings. The van der Waals surface area contributed by atoms with Gasteiger partial charge in [0.2, 0.25) is 5.91 Å². The molecule has 0 saturated heterocycles. The monoisotopic (exact) mass is 354 g/mol. The number of aryl methyl sites for hydroxylation is 1. The van der Waals surface area contributed by atoms with Crippen molar-refractivity contribution in [3.63, 3.8) is 0 Å². The van der Waals surface area contributed by atoms with E-state index >= 15 is 0 Å². The van der Waals surface area contributed by atoms with Crippen molar-refractivity contribution < 1.29 is 18.7 Å². The highest BCUT2D eigenvalue weighted by atomic mass is 19.1. The lowest BCUT2D eigenvalue weighted by Gasteiger charge is -2.07. The fourth-order valence-corrected chi connectivity index (χ4v) is 2.80. The van der Waals surface area contributed by atoms with E-state index in [9.17, 15) is 14.0 Å². The second-order valence-electron chi connectivity index (χ2n) is 6.01. The van der Waals surface area contributed by atoms with Crippen molar-refractivity contribution in [3.8, 4) is 0 Å². The maximum atomic E-state index is 13.4. The number of benzene rings is 2. The number of fused-ring (bicyclic) bond motifs is 1. The van der Waals surface area contributed by atoms with Crippen molar-refractivity contribution in [1.29, 1.82) is 0 Å². The number of H-pyrrole nitrogens is 1. The van der Waals surface area contributed by atoms with E-state index in [1.54, 1.807) is 30.3 Å². The fourth-order valence-electron chi connectivity index (χ4n) is 2.80. The van der Waals surface area contributed by atoms with Gasteiger partial charge in [0.05, 0.1) is 12.2 Å². The van der Waals surface area contributed by atoms with E-state index in [0.29, 0.717) is 24.1 Å². The molecule has 1 amide bonds. The van der Waals surface area contributed by atoms with Gasteiger partial charge >= 0.3 is 5.97 Å². The lowest BCUT2D eigenvalue weighted by molar-refractivity contribution is -0.114. The Bertz CT molecular complexity index is 949. The molecule has 0 aliphatic carbocycles. The summed E-state index contributed by atoms with van der Waals surface area (Å²) in [6.07, 6.45) is 3.14. The van der Waals surface area contributed by atoms with Gasteiger partial charge in [-0.15, -0.1) is 0 Å². The molecule has 1 heterocycles. The van der Waals surface area contributed by atoms with E-state index in [1.807, 2.05) is 6.20 Å². The molecule has 0 unspecified atom stereocenters. The molecule has 26 heavy (non-hydrogen) atoms. The molecule has 3 rings (SSSR count). The second kappa shape index (κ2) is 7.82. The molecule has 0 spiro atoms. The third kappa shape index (κ3) is 4.27. The van der Waals surface area contributed by atoms with Gasteiger partial charge in [0.15, 0.2) is 0 Å².